The Morgan fingerprint density at radius 2 is 2.23 bits per heavy atom. The van der Waals surface area contributed by atoms with Crippen LogP contribution in [0.5, 0.6) is 0 Å². The lowest BCUT2D eigenvalue weighted by Gasteiger charge is -1.99. The summed E-state index contributed by atoms with van der Waals surface area (Å²) in [6.45, 7) is 10.0. The molecule has 0 aromatic carbocycles. The molecule has 70 valence electrons. The van der Waals surface area contributed by atoms with Gasteiger partial charge in [-0.3, -0.25) is 0 Å². The van der Waals surface area contributed by atoms with Crippen molar-refractivity contribution in [1.82, 2.24) is 4.98 Å². The van der Waals surface area contributed by atoms with Crippen LogP contribution in [0.1, 0.15) is 32.8 Å². The molecule has 2 nitrogen and oxygen atoms in total. The maximum atomic E-state index is 4.46. The fourth-order valence-electron chi connectivity index (χ4n) is 1.07. The molecule has 1 aromatic heterocycles. The van der Waals surface area contributed by atoms with Crippen molar-refractivity contribution < 1.29 is 0 Å². The first-order valence-corrected chi connectivity index (χ1v) is 4.52. The van der Waals surface area contributed by atoms with Crippen molar-refractivity contribution in [3.63, 3.8) is 0 Å². The summed E-state index contributed by atoms with van der Waals surface area (Å²) in [4.78, 5) is 7.56. The summed E-state index contributed by atoms with van der Waals surface area (Å²) in [6, 6.07) is 2.00. The minimum atomic E-state index is 0.923. The number of hydrogen-bond acceptors (Lipinski definition) is 1. The number of aliphatic imine (C=N–C) groups is 1. The van der Waals surface area contributed by atoms with Crippen LogP contribution in [-0.2, 0) is 0 Å². The zero-order valence-electron chi connectivity index (χ0n) is 8.52. The number of H-pyrrole nitrogens is 1. The van der Waals surface area contributed by atoms with Crippen LogP contribution in [0.2, 0.25) is 0 Å². The zero-order chi connectivity index (χ0) is 9.84. The average molecular weight is 176 g/mol. The Morgan fingerprint density at radius 3 is 2.77 bits per heavy atom. The van der Waals surface area contributed by atoms with Gasteiger partial charge in [0.25, 0.3) is 0 Å². The first kappa shape index (κ1) is 9.78. The lowest BCUT2D eigenvalue weighted by Crippen LogP contribution is -1.86. The average Bonchev–Trinajstić information content (AvgIpc) is 2.52. The van der Waals surface area contributed by atoms with E-state index >= 15 is 0 Å². The molecule has 1 N–H and O–H groups in total. The molecule has 0 saturated carbocycles. The van der Waals surface area contributed by atoms with Gasteiger partial charge in [0.2, 0.25) is 0 Å². The summed E-state index contributed by atoms with van der Waals surface area (Å²) in [5, 5.41) is 0. The molecule has 1 heterocycles. The quantitative estimate of drug-likeness (QED) is 0.682. The van der Waals surface area contributed by atoms with Crippen LogP contribution < -0.4 is 0 Å². The van der Waals surface area contributed by atoms with Crippen LogP contribution in [0.3, 0.4) is 0 Å². The van der Waals surface area contributed by atoms with E-state index in [0.29, 0.717) is 0 Å². The predicted octanol–water partition coefficient (Wildman–Crippen LogP) is 3.55. The highest BCUT2D eigenvalue weighted by Gasteiger charge is 2.02. The molecule has 13 heavy (non-hydrogen) atoms. The molecule has 0 aliphatic rings. The summed E-state index contributed by atoms with van der Waals surface area (Å²) in [5.74, 6) is 0.923. The molecule has 0 aliphatic carbocycles. The second kappa shape index (κ2) is 4.08. The molecule has 0 atom stereocenters. The molecular formula is C11H16N2. The van der Waals surface area contributed by atoms with Gasteiger partial charge in [0.1, 0.15) is 5.82 Å². The zero-order valence-corrected chi connectivity index (χ0v) is 8.52. The van der Waals surface area contributed by atoms with Crippen LogP contribution in [-0.4, -0.2) is 10.7 Å². The van der Waals surface area contributed by atoms with E-state index < -0.39 is 0 Å². The van der Waals surface area contributed by atoms with E-state index in [9.17, 15) is 0 Å². The molecule has 0 amide bonds. The number of rotatable bonds is 3. The number of hydrogen-bond donors (Lipinski definition) is 1. The molecular weight excluding hydrogens is 160 g/mol. The largest absolute Gasteiger partial charge is 0.346 e. The smallest absolute Gasteiger partial charge is 0.137 e. The van der Waals surface area contributed by atoms with Gasteiger partial charge >= 0.3 is 0 Å². The topological polar surface area (TPSA) is 28.1 Å². The molecule has 0 fully saturated rings. The number of nitrogens with zero attached hydrogens (tertiary/aromatic N) is 1. The molecule has 0 spiro atoms. The van der Waals surface area contributed by atoms with Gasteiger partial charge in [-0.1, -0.05) is 13.5 Å². The van der Waals surface area contributed by atoms with E-state index in [-0.39, 0.29) is 0 Å². The highest BCUT2D eigenvalue weighted by Crippen LogP contribution is 2.23. The molecule has 1 rings (SSSR count). The van der Waals surface area contributed by atoms with Crippen molar-refractivity contribution in [1.29, 1.82) is 0 Å². The van der Waals surface area contributed by atoms with Gasteiger partial charge in [0.05, 0.1) is 0 Å². The Labute approximate surface area is 79.4 Å². The number of nitrogens with one attached hydrogen (secondary N) is 1. The van der Waals surface area contributed by atoms with E-state index in [0.717, 1.165) is 29.1 Å². The molecule has 0 saturated heterocycles. The second-order valence-electron chi connectivity index (χ2n) is 3.22. The summed E-state index contributed by atoms with van der Waals surface area (Å²) in [7, 11) is 0. The standard InChI is InChI=1S/C11H16N2/c1-5-9(4)13-11-10(8(2)3)6-7-12-11/h6-7,12H,2,5H2,1,3-4H3. The number of aromatic nitrogens is 1. The Morgan fingerprint density at radius 1 is 1.54 bits per heavy atom. The van der Waals surface area contributed by atoms with Gasteiger partial charge in [-0.05, 0) is 31.9 Å². The van der Waals surface area contributed by atoms with Gasteiger partial charge in [0.15, 0.2) is 0 Å². The minimum Gasteiger partial charge on any atom is -0.346 e. The van der Waals surface area contributed by atoms with Crippen LogP contribution in [0.4, 0.5) is 5.82 Å². The first-order chi connectivity index (χ1) is 6.15. The van der Waals surface area contributed by atoms with Crippen LogP contribution >= 0.6 is 0 Å². The fraction of sp³-hybridized carbons (Fsp3) is 0.364. The van der Waals surface area contributed by atoms with E-state index in [1.807, 2.05) is 26.1 Å². The molecule has 0 aliphatic heterocycles. The number of allylic oxidation sites excluding steroid dienone is 1. The lowest BCUT2D eigenvalue weighted by atomic mass is 10.2. The molecule has 0 bridgehead atoms. The molecule has 0 radical (unpaired) electrons. The summed E-state index contributed by atoms with van der Waals surface area (Å²) >= 11 is 0. The Bertz CT molecular complexity index is 332. The summed E-state index contributed by atoms with van der Waals surface area (Å²) < 4.78 is 0. The monoisotopic (exact) mass is 176 g/mol. The van der Waals surface area contributed by atoms with Crippen molar-refractivity contribution in [2.75, 3.05) is 0 Å². The van der Waals surface area contributed by atoms with Crippen LogP contribution in [0, 0.1) is 0 Å². The van der Waals surface area contributed by atoms with Gasteiger partial charge < -0.3 is 4.98 Å². The van der Waals surface area contributed by atoms with Crippen molar-refractivity contribution in [2.45, 2.75) is 27.2 Å². The van der Waals surface area contributed by atoms with Gasteiger partial charge in [-0.15, -0.1) is 0 Å². The van der Waals surface area contributed by atoms with Crippen molar-refractivity contribution in [2.24, 2.45) is 4.99 Å². The van der Waals surface area contributed by atoms with Gasteiger partial charge in [-0.2, -0.15) is 0 Å². The first-order valence-electron chi connectivity index (χ1n) is 4.52. The highest BCUT2D eigenvalue weighted by atomic mass is 14.9. The predicted molar refractivity (Wildman–Crippen MR) is 58.6 cm³/mol. The molecule has 0 unspecified atom stereocenters. The highest BCUT2D eigenvalue weighted by molar-refractivity contribution is 5.85. The van der Waals surface area contributed by atoms with E-state index in [4.69, 9.17) is 0 Å². The van der Waals surface area contributed by atoms with E-state index in [1.165, 1.54) is 0 Å². The molecule has 1 aromatic rings. The Kier molecular flexibility index (Phi) is 3.07. The normalized spacial score (nSPS) is 11.8. The van der Waals surface area contributed by atoms with E-state index in [2.05, 4.69) is 23.5 Å². The van der Waals surface area contributed by atoms with Crippen LogP contribution in [0.15, 0.2) is 23.8 Å². The van der Waals surface area contributed by atoms with Crippen molar-refractivity contribution in [3.05, 3.63) is 24.4 Å². The summed E-state index contributed by atoms with van der Waals surface area (Å²) in [6.07, 6.45) is 2.88. The molecule has 2 heteroatoms. The number of aromatic amines is 1. The third-order valence-corrected chi connectivity index (χ3v) is 2.00. The van der Waals surface area contributed by atoms with Crippen molar-refractivity contribution in [3.8, 4) is 0 Å². The minimum absolute atomic E-state index is 0.923. The third-order valence-electron chi connectivity index (χ3n) is 2.00. The van der Waals surface area contributed by atoms with Gasteiger partial charge in [-0.25, -0.2) is 4.99 Å². The Balaban J connectivity index is 3.01. The maximum Gasteiger partial charge on any atom is 0.137 e. The van der Waals surface area contributed by atoms with Crippen molar-refractivity contribution >= 4 is 17.1 Å². The Hall–Kier alpha value is -1.31. The lowest BCUT2D eigenvalue weighted by molar-refractivity contribution is 1.23. The van der Waals surface area contributed by atoms with Gasteiger partial charge in [0, 0.05) is 17.5 Å². The van der Waals surface area contributed by atoms with Crippen LogP contribution in [0.25, 0.3) is 5.57 Å². The third kappa shape index (κ3) is 2.31. The maximum absolute atomic E-state index is 4.46. The van der Waals surface area contributed by atoms with E-state index in [1.54, 1.807) is 0 Å². The second-order valence-corrected chi connectivity index (χ2v) is 3.22. The fourth-order valence-corrected chi connectivity index (χ4v) is 1.07. The SMILES string of the molecule is C=C(C)c1cc[nH]c1N=C(C)CC. The summed E-state index contributed by atoms with van der Waals surface area (Å²) in [5.41, 5.74) is 3.28.